The zero-order valence-electron chi connectivity index (χ0n) is 9.31. The molecule has 1 nitrogen and oxygen atoms in total. The molecule has 1 aliphatic carbocycles. The van der Waals surface area contributed by atoms with E-state index in [0.29, 0.717) is 16.8 Å². The van der Waals surface area contributed by atoms with E-state index in [1.165, 1.54) is 31.7 Å². The lowest BCUT2D eigenvalue weighted by atomic mass is 10.1. The van der Waals surface area contributed by atoms with Gasteiger partial charge in [0.1, 0.15) is 5.82 Å². The van der Waals surface area contributed by atoms with E-state index in [1.54, 1.807) is 12.1 Å². The highest BCUT2D eigenvalue weighted by Crippen LogP contribution is 2.28. The van der Waals surface area contributed by atoms with Crippen molar-refractivity contribution >= 4 is 17.3 Å². The largest absolute Gasteiger partial charge is 0.379 e. The van der Waals surface area contributed by atoms with Gasteiger partial charge in [0.25, 0.3) is 0 Å². The fraction of sp³-hybridized carbons (Fsp3) is 0.538. The normalized spacial score (nSPS) is 18.1. The third-order valence-electron chi connectivity index (χ3n) is 3.17. The first kappa shape index (κ1) is 11.7. The Kier molecular flexibility index (Phi) is 4.05. The van der Waals surface area contributed by atoms with Gasteiger partial charge in [0.15, 0.2) is 0 Å². The van der Waals surface area contributed by atoms with Gasteiger partial charge < -0.3 is 5.32 Å². The molecule has 16 heavy (non-hydrogen) atoms. The smallest absolute Gasteiger partial charge is 0.147 e. The third kappa shape index (κ3) is 2.88. The molecule has 2 rings (SSSR count). The minimum Gasteiger partial charge on any atom is -0.379 e. The second-order valence-electron chi connectivity index (χ2n) is 4.43. The monoisotopic (exact) mass is 241 g/mol. The molecule has 0 atom stereocenters. The first-order valence-electron chi connectivity index (χ1n) is 5.98. The minimum absolute atomic E-state index is 0.253. The molecule has 0 amide bonds. The van der Waals surface area contributed by atoms with Crippen molar-refractivity contribution in [3.63, 3.8) is 0 Å². The van der Waals surface area contributed by atoms with E-state index in [2.05, 4.69) is 5.32 Å². The molecule has 0 spiro atoms. The zero-order chi connectivity index (χ0) is 11.4. The number of para-hydroxylation sites is 1. The van der Waals surface area contributed by atoms with Gasteiger partial charge in [-0.1, -0.05) is 43.4 Å². The Morgan fingerprint density at radius 3 is 2.44 bits per heavy atom. The van der Waals surface area contributed by atoms with Crippen LogP contribution in [-0.2, 0) is 0 Å². The van der Waals surface area contributed by atoms with Crippen molar-refractivity contribution in [3.05, 3.63) is 29.0 Å². The quantitative estimate of drug-likeness (QED) is 0.746. The van der Waals surface area contributed by atoms with Crippen LogP contribution in [0.15, 0.2) is 18.2 Å². The first-order valence-corrected chi connectivity index (χ1v) is 6.36. The van der Waals surface area contributed by atoms with Gasteiger partial charge in [-0.15, -0.1) is 0 Å². The second-order valence-corrected chi connectivity index (χ2v) is 4.84. The van der Waals surface area contributed by atoms with Crippen molar-refractivity contribution in [1.29, 1.82) is 0 Å². The van der Waals surface area contributed by atoms with Crippen LogP contribution < -0.4 is 5.32 Å². The Morgan fingerprint density at radius 1 is 1.12 bits per heavy atom. The molecule has 1 saturated carbocycles. The topological polar surface area (TPSA) is 12.0 Å². The fourth-order valence-corrected chi connectivity index (χ4v) is 2.48. The lowest BCUT2D eigenvalue weighted by Crippen LogP contribution is -2.19. The van der Waals surface area contributed by atoms with Crippen LogP contribution in [0.2, 0.25) is 5.02 Å². The molecular weight excluding hydrogens is 225 g/mol. The van der Waals surface area contributed by atoms with Gasteiger partial charge >= 0.3 is 0 Å². The first-order chi connectivity index (χ1) is 7.77. The average molecular weight is 242 g/mol. The fourth-order valence-electron chi connectivity index (χ4n) is 2.26. The zero-order valence-corrected chi connectivity index (χ0v) is 10.1. The summed E-state index contributed by atoms with van der Waals surface area (Å²) in [6.07, 6.45) is 7.27. The van der Waals surface area contributed by atoms with Crippen molar-refractivity contribution in [2.45, 2.75) is 44.6 Å². The lowest BCUT2D eigenvalue weighted by Gasteiger charge is -2.18. The van der Waals surface area contributed by atoms with E-state index >= 15 is 0 Å². The summed E-state index contributed by atoms with van der Waals surface area (Å²) in [4.78, 5) is 0. The Morgan fingerprint density at radius 2 is 1.81 bits per heavy atom. The predicted molar refractivity (Wildman–Crippen MR) is 66.5 cm³/mol. The summed E-state index contributed by atoms with van der Waals surface area (Å²) in [6, 6.07) is 5.18. The van der Waals surface area contributed by atoms with Crippen molar-refractivity contribution in [2.75, 3.05) is 5.32 Å². The molecule has 1 aliphatic rings. The molecule has 0 aromatic heterocycles. The maximum Gasteiger partial charge on any atom is 0.147 e. The van der Waals surface area contributed by atoms with Crippen LogP contribution in [0.3, 0.4) is 0 Å². The number of nitrogens with one attached hydrogen (secondary N) is 1. The summed E-state index contributed by atoms with van der Waals surface area (Å²) >= 11 is 5.99. The average Bonchev–Trinajstić information content (AvgIpc) is 2.52. The van der Waals surface area contributed by atoms with Crippen LogP contribution in [0, 0.1) is 5.82 Å². The van der Waals surface area contributed by atoms with E-state index in [1.807, 2.05) is 0 Å². The number of hydrogen-bond acceptors (Lipinski definition) is 1. The Balaban J connectivity index is 2.07. The van der Waals surface area contributed by atoms with Crippen LogP contribution in [-0.4, -0.2) is 6.04 Å². The molecule has 0 saturated heterocycles. The Hall–Kier alpha value is -0.760. The molecule has 0 heterocycles. The van der Waals surface area contributed by atoms with Crippen molar-refractivity contribution in [1.82, 2.24) is 0 Å². The Bertz CT molecular complexity index is 326. The highest BCUT2D eigenvalue weighted by atomic mass is 35.5. The SMILES string of the molecule is Fc1cccc(Cl)c1NC1CCCCCC1. The molecule has 88 valence electrons. The summed E-state index contributed by atoms with van der Waals surface area (Å²) in [5, 5.41) is 3.73. The van der Waals surface area contributed by atoms with Crippen molar-refractivity contribution in [2.24, 2.45) is 0 Å². The summed E-state index contributed by atoms with van der Waals surface area (Å²) in [5.41, 5.74) is 0.469. The molecule has 1 fully saturated rings. The minimum atomic E-state index is -0.253. The van der Waals surface area contributed by atoms with Gasteiger partial charge in [0.05, 0.1) is 10.7 Å². The van der Waals surface area contributed by atoms with Gasteiger partial charge in [0, 0.05) is 6.04 Å². The molecule has 1 aromatic carbocycles. The van der Waals surface area contributed by atoms with Crippen molar-refractivity contribution in [3.8, 4) is 0 Å². The molecule has 0 radical (unpaired) electrons. The molecule has 0 aliphatic heterocycles. The van der Waals surface area contributed by atoms with E-state index in [4.69, 9.17) is 11.6 Å². The lowest BCUT2D eigenvalue weighted by molar-refractivity contribution is 0.597. The summed E-state index contributed by atoms with van der Waals surface area (Å²) in [5.74, 6) is -0.253. The van der Waals surface area contributed by atoms with Gasteiger partial charge in [-0.3, -0.25) is 0 Å². The van der Waals surface area contributed by atoms with Gasteiger partial charge in [-0.25, -0.2) is 4.39 Å². The molecule has 0 unspecified atom stereocenters. The number of halogens is 2. The van der Waals surface area contributed by atoms with E-state index in [9.17, 15) is 4.39 Å². The number of rotatable bonds is 2. The summed E-state index contributed by atoms with van der Waals surface area (Å²) < 4.78 is 13.6. The number of hydrogen-bond donors (Lipinski definition) is 1. The Labute approximate surface area is 101 Å². The van der Waals surface area contributed by atoms with Crippen LogP contribution in [0.4, 0.5) is 10.1 Å². The van der Waals surface area contributed by atoms with Gasteiger partial charge in [-0.2, -0.15) is 0 Å². The molecule has 0 bridgehead atoms. The molecular formula is C13H17ClFN. The molecule has 1 N–H and O–H groups in total. The van der Waals surface area contributed by atoms with Gasteiger partial charge in [-0.05, 0) is 25.0 Å². The predicted octanol–water partition coefficient (Wildman–Crippen LogP) is 4.61. The highest BCUT2D eigenvalue weighted by Gasteiger charge is 2.15. The standard InChI is InChI=1S/C13H17ClFN/c14-11-8-5-9-12(15)13(11)16-10-6-3-1-2-4-7-10/h5,8-10,16H,1-4,6-7H2. The van der Waals surface area contributed by atoms with E-state index in [-0.39, 0.29) is 5.82 Å². The second kappa shape index (κ2) is 5.53. The summed E-state index contributed by atoms with van der Waals surface area (Å²) in [6.45, 7) is 0. The molecule has 1 aromatic rings. The summed E-state index contributed by atoms with van der Waals surface area (Å²) in [7, 11) is 0. The third-order valence-corrected chi connectivity index (χ3v) is 3.48. The van der Waals surface area contributed by atoms with Crippen LogP contribution in [0.5, 0.6) is 0 Å². The highest BCUT2D eigenvalue weighted by molar-refractivity contribution is 6.33. The maximum atomic E-state index is 13.6. The van der Waals surface area contributed by atoms with Gasteiger partial charge in [0.2, 0.25) is 0 Å². The maximum absolute atomic E-state index is 13.6. The van der Waals surface area contributed by atoms with E-state index in [0.717, 1.165) is 12.8 Å². The van der Waals surface area contributed by atoms with Crippen LogP contribution in [0.25, 0.3) is 0 Å². The van der Waals surface area contributed by atoms with Crippen LogP contribution in [0.1, 0.15) is 38.5 Å². The van der Waals surface area contributed by atoms with Crippen molar-refractivity contribution < 1.29 is 4.39 Å². The number of anilines is 1. The van der Waals surface area contributed by atoms with E-state index < -0.39 is 0 Å². The number of benzene rings is 1. The van der Waals surface area contributed by atoms with Crippen LogP contribution >= 0.6 is 11.6 Å². The molecule has 3 heteroatoms.